The minimum Gasteiger partial charge on any atom is -0.406 e. The first-order valence-electron chi connectivity index (χ1n) is 6.38. The highest BCUT2D eigenvalue weighted by molar-refractivity contribution is 9.12. The highest BCUT2D eigenvalue weighted by Crippen LogP contribution is 2.22. The number of benzene rings is 1. The van der Waals surface area contributed by atoms with Crippen molar-refractivity contribution in [2.24, 2.45) is 4.99 Å². The lowest BCUT2D eigenvalue weighted by Gasteiger charge is -2.08. The second-order valence-electron chi connectivity index (χ2n) is 4.13. The first-order chi connectivity index (χ1) is 9.78. The maximum atomic E-state index is 11.6. The highest BCUT2D eigenvalue weighted by Gasteiger charge is 2.30. The van der Waals surface area contributed by atoms with Crippen LogP contribution in [0.5, 0.6) is 5.75 Å². The molecule has 0 heterocycles. The SMILES string of the molecule is CCC/C=C(/Br)C=NC.Cc1ccc(OC(F)(F)F)cc1. The molecule has 0 aromatic heterocycles. The molecule has 0 unspecified atom stereocenters. The maximum Gasteiger partial charge on any atom is 0.573 e. The number of hydrogen-bond acceptors (Lipinski definition) is 2. The van der Waals surface area contributed by atoms with Gasteiger partial charge in [0.25, 0.3) is 0 Å². The molecule has 21 heavy (non-hydrogen) atoms. The first-order valence-corrected chi connectivity index (χ1v) is 7.18. The van der Waals surface area contributed by atoms with E-state index in [9.17, 15) is 13.2 Å². The van der Waals surface area contributed by atoms with Gasteiger partial charge in [-0.05, 0) is 41.4 Å². The number of aryl methyl sites for hydroxylation is 1. The molecule has 0 aliphatic heterocycles. The molecule has 0 atom stereocenters. The smallest absolute Gasteiger partial charge is 0.406 e. The number of unbranched alkanes of at least 4 members (excludes halogenated alkanes) is 1. The molecule has 1 aromatic carbocycles. The van der Waals surface area contributed by atoms with Gasteiger partial charge >= 0.3 is 6.36 Å². The fourth-order valence-electron chi connectivity index (χ4n) is 1.20. The lowest BCUT2D eigenvalue weighted by Crippen LogP contribution is -2.16. The summed E-state index contributed by atoms with van der Waals surface area (Å²) in [4.78, 5) is 3.85. The van der Waals surface area contributed by atoms with Crippen LogP contribution in [-0.2, 0) is 0 Å². The summed E-state index contributed by atoms with van der Waals surface area (Å²) in [5.74, 6) is -0.187. The van der Waals surface area contributed by atoms with E-state index in [4.69, 9.17) is 0 Å². The van der Waals surface area contributed by atoms with Crippen LogP contribution in [0.3, 0.4) is 0 Å². The molecule has 0 aliphatic carbocycles. The van der Waals surface area contributed by atoms with Crippen LogP contribution in [0.1, 0.15) is 25.3 Å². The van der Waals surface area contributed by atoms with Crippen molar-refractivity contribution in [3.8, 4) is 5.75 Å². The lowest BCUT2D eigenvalue weighted by molar-refractivity contribution is -0.274. The van der Waals surface area contributed by atoms with Crippen LogP contribution >= 0.6 is 15.9 Å². The summed E-state index contributed by atoms with van der Waals surface area (Å²) in [6.07, 6.45) is 1.62. The minimum atomic E-state index is -4.60. The Morgan fingerprint density at radius 2 is 1.86 bits per heavy atom. The predicted molar refractivity (Wildman–Crippen MR) is 84.2 cm³/mol. The van der Waals surface area contributed by atoms with Crippen molar-refractivity contribution in [1.82, 2.24) is 0 Å². The summed E-state index contributed by atoms with van der Waals surface area (Å²) in [7, 11) is 1.76. The molecule has 1 aromatic rings. The zero-order valence-corrected chi connectivity index (χ0v) is 13.8. The lowest BCUT2D eigenvalue weighted by atomic mass is 10.2. The molecule has 0 bridgehead atoms. The fourth-order valence-corrected chi connectivity index (χ4v) is 1.63. The third-order valence-corrected chi connectivity index (χ3v) is 2.66. The van der Waals surface area contributed by atoms with E-state index in [1.165, 1.54) is 18.6 Å². The summed E-state index contributed by atoms with van der Waals surface area (Å²) in [6, 6.07) is 5.67. The zero-order chi connectivity index (χ0) is 16.3. The van der Waals surface area contributed by atoms with E-state index in [0.29, 0.717) is 0 Å². The van der Waals surface area contributed by atoms with E-state index in [1.807, 2.05) is 0 Å². The van der Waals surface area contributed by atoms with Gasteiger partial charge < -0.3 is 4.74 Å². The molecular formula is C15H19BrF3NO. The van der Waals surface area contributed by atoms with E-state index in [0.717, 1.165) is 16.5 Å². The molecule has 2 nitrogen and oxygen atoms in total. The summed E-state index contributed by atoms with van der Waals surface area (Å²) in [5.41, 5.74) is 0.893. The van der Waals surface area contributed by atoms with E-state index < -0.39 is 6.36 Å². The maximum absolute atomic E-state index is 11.6. The monoisotopic (exact) mass is 365 g/mol. The van der Waals surface area contributed by atoms with Gasteiger partial charge in [-0.25, -0.2) is 0 Å². The minimum absolute atomic E-state index is 0.187. The number of ether oxygens (including phenoxy) is 1. The second kappa shape index (κ2) is 10.4. The second-order valence-corrected chi connectivity index (χ2v) is 5.04. The molecule has 0 radical (unpaired) electrons. The van der Waals surface area contributed by atoms with Gasteiger partial charge in [0.15, 0.2) is 0 Å². The Morgan fingerprint density at radius 3 is 2.29 bits per heavy atom. The third kappa shape index (κ3) is 12.2. The first kappa shape index (κ1) is 19.7. The van der Waals surface area contributed by atoms with Gasteiger partial charge in [-0.1, -0.05) is 37.1 Å². The van der Waals surface area contributed by atoms with Crippen molar-refractivity contribution in [3.05, 3.63) is 40.4 Å². The molecule has 0 saturated carbocycles. The van der Waals surface area contributed by atoms with Crippen molar-refractivity contribution in [2.45, 2.75) is 33.1 Å². The van der Waals surface area contributed by atoms with Crippen LogP contribution in [0.2, 0.25) is 0 Å². The van der Waals surface area contributed by atoms with Crippen molar-refractivity contribution < 1.29 is 17.9 Å². The Hall–Kier alpha value is -1.30. The van der Waals surface area contributed by atoms with Crippen LogP contribution in [0.15, 0.2) is 39.8 Å². The Morgan fingerprint density at radius 1 is 1.29 bits per heavy atom. The number of aliphatic imine (C=N–C) groups is 1. The molecular weight excluding hydrogens is 347 g/mol. The van der Waals surface area contributed by atoms with Crippen molar-refractivity contribution in [1.29, 1.82) is 0 Å². The zero-order valence-electron chi connectivity index (χ0n) is 12.2. The van der Waals surface area contributed by atoms with Gasteiger partial charge in [-0.15, -0.1) is 13.2 Å². The number of allylic oxidation sites excluding steroid dienone is 2. The van der Waals surface area contributed by atoms with E-state index >= 15 is 0 Å². The van der Waals surface area contributed by atoms with Gasteiger partial charge in [-0.2, -0.15) is 0 Å². The van der Waals surface area contributed by atoms with Crippen molar-refractivity contribution in [3.63, 3.8) is 0 Å². The molecule has 6 heteroatoms. The predicted octanol–water partition coefficient (Wildman–Crippen LogP) is 5.66. The van der Waals surface area contributed by atoms with Gasteiger partial charge in [0, 0.05) is 17.7 Å². The Labute approximate surface area is 131 Å². The number of nitrogens with zero attached hydrogens (tertiary/aromatic N) is 1. The number of alkyl halides is 3. The molecule has 0 aliphatic rings. The Kier molecular flexibility index (Phi) is 9.78. The summed E-state index contributed by atoms with van der Waals surface area (Å²) in [6.45, 7) is 3.94. The number of halogens is 4. The summed E-state index contributed by atoms with van der Waals surface area (Å²) >= 11 is 3.35. The summed E-state index contributed by atoms with van der Waals surface area (Å²) in [5, 5.41) is 0. The average molecular weight is 366 g/mol. The van der Waals surface area contributed by atoms with Gasteiger partial charge in [0.1, 0.15) is 5.75 Å². The van der Waals surface area contributed by atoms with Crippen LogP contribution < -0.4 is 4.74 Å². The standard InChI is InChI=1S/C8H7F3O.C7H12BrN/c1-6-2-4-7(5-3-6)12-8(9,10)11;1-3-4-5-7(8)6-9-2/h2-5H,1H3;5-6H,3-4H2,1-2H3/b;7-5+,9-6?. The van der Waals surface area contributed by atoms with Crippen LogP contribution in [0.4, 0.5) is 13.2 Å². The van der Waals surface area contributed by atoms with E-state index in [2.05, 4.69) is 38.7 Å². The van der Waals surface area contributed by atoms with Crippen LogP contribution in [0.25, 0.3) is 0 Å². The Balaban J connectivity index is 0.000000400. The molecule has 118 valence electrons. The topological polar surface area (TPSA) is 21.6 Å². The van der Waals surface area contributed by atoms with E-state index in [1.54, 1.807) is 32.3 Å². The molecule has 0 fully saturated rings. The summed E-state index contributed by atoms with van der Waals surface area (Å²) < 4.78 is 39.6. The van der Waals surface area contributed by atoms with Gasteiger partial charge in [0.05, 0.1) is 0 Å². The van der Waals surface area contributed by atoms with Crippen LogP contribution in [-0.4, -0.2) is 19.6 Å². The quantitative estimate of drug-likeness (QED) is 0.630. The van der Waals surface area contributed by atoms with Gasteiger partial charge in [0.2, 0.25) is 0 Å². The number of rotatable bonds is 4. The molecule has 0 N–H and O–H groups in total. The van der Waals surface area contributed by atoms with Crippen molar-refractivity contribution in [2.75, 3.05) is 7.05 Å². The molecule has 0 saturated heterocycles. The molecule has 0 amide bonds. The van der Waals surface area contributed by atoms with Crippen molar-refractivity contribution >= 4 is 22.1 Å². The largest absolute Gasteiger partial charge is 0.573 e. The Bertz CT molecular complexity index is 453. The van der Waals surface area contributed by atoms with Crippen LogP contribution in [0, 0.1) is 6.92 Å². The third-order valence-electron chi connectivity index (χ3n) is 2.14. The number of hydrogen-bond donors (Lipinski definition) is 0. The fraction of sp³-hybridized carbons (Fsp3) is 0.400. The highest BCUT2D eigenvalue weighted by atomic mass is 79.9. The van der Waals surface area contributed by atoms with E-state index in [-0.39, 0.29) is 5.75 Å². The molecule has 0 spiro atoms. The molecule has 1 rings (SSSR count). The van der Waals surface area contributed by atoms with Gasteiger partial charge in [-0.3, -0.25) is 4.99 Å². The average Bonchev–Trinajstić information content (AvgIpc) is 2.39. The normalized spacial score (nSPS) is 12.0.